The highest BCUT2D eigenvalue weighted by Crippen LogP contribution is 2.10. The van der Waals surface area contributed by atoms with Gasteiger partial charge in [0.15, 0.2) is 0 Å². The Morgan fingerprint density at radius 1 is 1.29 bits per heavy atom. The Morgan fingerprint density at radius 2 is 1.88 bits per heavy atom. The van der Waals surface area contributed by atoms with Crippen molar-refractivity contribution >= 4 is 22.6 Å². The molecule has 0 fully saturated rings. The summed E-state index contributed by atoms with van der Waals surface area (Å²) in [5.41, 5.74) is 0.820. The van der Waals surface area contributed by atoms with Crippen LogP contribution in [0.2, 0.25) is 0 Å². The summed E-state index contributed by atoms with van der Waals surface area (Å²) in [6.45, 7) is 5.09. The van der Waals surface area contributed by atoms with Gasteiger partial charge in [0.2, 0.25) is 10.0 Å². The summed E-state index contributed by atoms with van der Waals surface area (Å²) in [7, 11) is -5.13. The van der Waals surface area contributed by atoms with Crippen LogP contribution in [0, 0.1) is 6.92 Å². The molecule has 0 bridgehead atoms. The molecule has 5 nitrogen and oxygen atoms in total. The highest BCUT2D eigenvalue weighted by Gasteiger charge is 2.19. The van der Waals surface area contributed by atoms with Crippen LogP contribution in [0.3, 0.4) is 0 Å². The minimum absolute atomic E-state index is 0.119. The van der Waals surface area contributed by atoms with Crippen molar-refractivity contribution in [3.63, 3.8) is 0 Å². The number of aryl methyl sites for hydroxylation is 1. The van der Waals surface area contributed by atoms with Crippen LogP contribution in [-0.4, -0.2) is 31.6 Å². The van der Waals surface area contributed by atoms with E-state index < -0.39 is 17.1 Å². The van der Waals surface area contributed by atoms with E-state index in [9.17, 15) is 8.42 Å². The first kappa shape index (κ1) is 14.2. The highest BCUT2D eigenvalue weighted by molar-refractivity contribution is 7.89. The van der Waals surface area contributed by atoms with E-state index in [1.807, 2.05) is 0 Å². The first-order valence-electron chi connectivity index (χ1n) is 5.23. The zero-order chi connectivity index (χ0) is 13.2. The summed E-state index contributed by atoms with van der Waals surface area (Å²) >= 11 is 0. The smallest absolute Gasteiger partial charge is 0.423 e. The lowest BCUT2D eigenvalue weighted by atomic mass is 9.77. The first-order chi connectivity index (χ1) is 7.74. The van der Waals surface area contributed by atoms with Crippen LogP contribution in [0.1, 0.15) is 19.4 Å². The third kappa shape index (κ3) is 3.54. The molecule has 0 aromatic heterocycles. The second-order valence-corrected chi connectivity index (χ2v) is 5.88. The van der Waals surface area contributed by atoms with E-state index in [4.69, 9.17) is 10.0 Å². The SMILES string of the molecule is Cc1cc(S(=O)(=O)NC(C)C)ccc1B(O)O. The molecule has 0 spiro atoms. The van der Waals surface area contributed by atoms with E-state index in [1.165, 1.54) is 18.2 Å². The van der Waals surface area contributed by atoms with E-state index in [1.54, 1.807) is 20.8 Å². The molecule has 17 heavy (non-hydrogen) atoms. The monoisotopic (exact) mass is 257 g/mol. The Bertz CT molecular complexity index is 499. The van der Waals surface area contributed by atoms with E-state index in [0.717, 1.165) is 0 Å². The van der Waals surface area contributed by atoms with Crippen LogP contribution in [-0.2, 0) is 10.0 Å². The molecule has 0 amide bonds. The van der Waals surface area contributed by atoms with Gasteiger partial charge in [0, 0.05) is 6.04 Å². The second-order valence-electron chi connectivity index (χ2n) is 4.17. The van der Waals surface area contributed by atoms with E-state index in [-0.39, 0.29) is 10.9 Å². The van der Waals surface area contributed by atoms with Crippen LogP contribution in [0.15, 0.2) is 23.1 Å². The molecule has 1 aromatic rings. The molecule has 0 heterocycles. The van der Waals surface area contributed by atoms with Gasteiger partial charge in [-0.05, 0) is 38.4 Å². The van der Waals surface area contributed by atoms with Gasteiger partial charge in [0.1, 0.15) is 0 Å². The van der Waals surface area contributed by atoms with E-state index >= 15 is 0 Å². The Balaban J connectivity index is 3.14. The highest BCUT2D eigenvalue weighted by atomic mass is 32.2. The molecule has 94 valence electrons. The van der Waals surface area contributed by atoms with Crippen molar-refractivity contribution in [3.05, 3.63) is 23.8 Å². The minimum Gasteiger partial charge on any atom is -0.423 e. The molecule has 0 unspecified atom stereocenters. The van der Waals surface area contributed by atoms with Crippen LogP contribution in [0.4, 0.5) is 0 Å². The number of nitrogens with one attached hydrogen (secondary N) is 1. The van der Waals surface area contributed by atoms with Crippen molar-refractivity contribution in [1.82, 2.24) is 4.72 Å². The third-order valence-electron chi connectivity index (χ3n) is 2.22. The van der Waals surface area contributed by atoms with Gasteiger partial charge in [-0.3, -0.25) is 0 Å². The van der Waals surface area contributed by atoms with Crippen molar-refractivity contribution in [2.75, 3.05) is 0 Å². The third-order valence-corrected chi connectivity index (χ3v) is 3.88. The molecule has 1 rings (SSSR count). The van der Waals surface area contributed by atoms with Gasteiger partial charge in [-0.2, -0.15) is 0 Å². The summed E-state index contributed by atoms with van der Waals surface area (Å²) < 4.78 is 26.1. The standard InChI is InChI=1S/C10H16BNO4S/c1-7(2)12-17(15,16)9-4-5-10(11(13)14)8(3)6-9/h4-7,12-14H,1-3H3. The van der Waals surface area contributed by atoms with Gasteiger partial charge in [0.05, 0.1) is 4.90 Å². The molecule has 0 radical (unpaired) electrons. The zero-order valence-corrected chi connectivity index (χ0v) is 10.8. The topological polar surface area (TPSA) is 86.6 Å². The summed E-state index contributed by atoms with van der Waals surface area (Å²) in [6.07, 6.45) is 0. The lowest BCUT2D eigenvalue weighted by Gasteiger charge is -2.11. The van der Waals surface area contributed by atoms with Crippen molar-refractivity contribution in [1.29, 1.82) is 0 Å². The van der Waals surface area contributed by atoms with E-state index in [2.05, 4.69) is 4.72 Å². The van der Waals surface area contributed by atoms with Crippen LogP contribution in [0.5, 0.6) is 0 Å². The van der Waals surface area contributed by atoms with E-state index in [0.29, 0.717) is 11.0 Å². The number of sulfonamides is 1. The Hall–Kier alpha value is -0.885. The van der Waals surface area contributed by atoms with Crippen molar-refractivity contribution in [2.24, 2.45) is 0 Å². The summed E-state index contributed by atoms with van der Waals surface area (Å²) in [5.74, 6) is 0. The number of hydrogen-bond donors (Lipinski definition) is 3. The summed E-state index contributed by atoms with van der Waals surface area (Å²) in [4.78, 5) is 0.119. The number of hydrogen-bond acceptors (Lipinski definition) is 4. The first-order valence-corrected chi connectivity index (χ1v) is 6.71. The molecule has 1 aromatic carbocycles. The molecular formula is C10H16BNO4S. The Kier molecular flexibility index (Phi) is 4.32. The molecule has 0 saturated carbocycles. The van der Waals surface area contributed by atoms with Crippen LogP contribution < -0.4 is 10.2 Å². The Morgan fingerprint density at radius 3 is 2.29 bits per heavy atom. The summed E-state index contributed by atoms with van der Waals surface area (Å²) in [5, 5.41) is 18.1. The number of benzene rings is 1. The molecule has 0 aliphatic rings. The van der Waals surface area contributed by atoms with Crippen molar-refractivity contribution < 1.29 is 18.5 Å². The lowest BCUT2D eigenvalue weighted by molar-refractivity contribution is 0.425. The fraction of sp³-hybridized carbons (Fsp3) is 0.400. The van der Waals surface area contributed by atoms with Gasteiger partial charge in [-0.25, -0.2) is 13.1 Å². The maximum atomic E-state index is 11.8. The molecule has 7 heteroatoms. The molecule has 3 N–H and O–H groups in total. The maximum Gasteiger partial charge on any atom is 0.488 e. The predicted octanol–water partition coefficient (Wildman–Crippen LogP) is -0.638. The van der Waals surface area contributed by atoms with Gasteiger partial charge in [-0.1, -0.05) is 11.6 Å². The fourth-order valence-electron chi connectivity index (χ4n) is 1.48. The predicted molar refractivity (Wildman–Crippen MR) is 66.5 cm³/mol. The Labute approximate surface area is 102 Å². The van der Waals surface area contributed by atoms with Gasteiger partial charge >= 0.3 is 7.12 Å². The molecule has 0 saturated heterocycles. The fourth-order valence-corrected chi connectivity index (χ4v) is 2.82. The number of rotatable bonds is 4. The molecule has 0 aliphatic carbocycles. The largest absolute Gasteiger partial charge is 0.488 e. The van der Waals surface area contributed by atoms with Crippen molar-refractivity contribution in [3.8, 4) is 0 Å². The minimum atomic E-state index is -3.54. The zero-order valence-electron chi connectivity index (χ0n) is 10.0. The normalized spacial score (nSPS) is 11.9. The average molecular weight is 257 g/mol. The molecule has 0 atom stereocenters. The molecular weight excluding hydrogens is 241 g/mol. The average Bonchev–Trinajstić information content (AvgIpc) is 2.14. The molecule has 0 aliphatic heterocycles. The lowest BCUT2D eigenvalue weighted by Crippen LogP contribution is -2.34. The maximum absolute atomic E-state index is 11.8. The quantitative estimate of drug-likeness (QED) is 0.626. The van der Waals surface area contributed by atoms with Gasteiger partial charge in [0.25, 0.3) is 0 Å². The van der Waals surface area contributed by atoms with Crippen molar-refractivity contribution in [2.45, 2.75) is 31.7 Å². The van der Waals surface area contributed by atoms with Gasteiger partial charge in [-0.15, -0.1) is 0 Å². The second kappa shape index (κ2) is 5.18. The van der Waals surface area contributed by atoms with Crippen LogP contribution in [0.25, 0.3) is 0 Å². The summed E-state index contributed by atoms with van der Waals surface area (Å²) in [6, 6.07) is 3.98. The van der Waals surface area contributed by atoms with Crippen LogP contribution >= 0.6 is 0 Å². The van der Waals surface area contributed by atoms with Gasteiger partial charge < -0.3 is 10.0 Å².